The summed E-state index contributed by atoms with van der Waals surface area (Å²) in [5.74, 6) is -0.461. The number of benzene rings is 1. The number of nitrogens with one attached hydrogen (secondary N) is 2. The molecule has 0 aliphatic carbocycles. The Morgan fingerprint density at radius 1 is 1.11 bits per heavy atom. The lowest BCUT2D eigenvalue weighted by Crippen LogP contribution is -2.25. The van der Waals surface area contributed by atoms with E-state index in [2.05, 4.69) is 22.6 Å². The van der Waals surface area contributed by atoms with E-state index in [-0.39, 0.29) is 11.8 Å². The zero-order valence-corrected chi connectivity index (χ0v) is 10.7. The first-order valence-electron chi connectivity index (χ1n) is 5.90. The van der Waals surface area contributed by atoms with Gasteiger partial charge in [-0.3, -0.25) is 14.4 Å². The predicted molar refractivity (Wildman–Crippen MR) is 68.2 cm³/mol. The second kappa shape index (κ2) is 7.45. The Morgan fingerprint density at radius 2 is 1.67 bits per heavy atom. The molecule has 0 aliphatic rings. The number of amides is 2. The second-order valence-corrected chi connectivity index (χ2v) is 3.82. The van der Waals surface area contributed by atoms with Crippen LogP contribution in [0, 0.1) is 0 Å². The van der Waals surface area contributed by atoms with E-state index in [4.69, 9.17) is 0 Å². The highest BCUT2D eigenvalue weighted by Crippen LogP contribution is 2.04. The van der Waals surface area contributed by atoms with E-state index in [1.54, 1.807) is 24.3 Å². The number of carbonyl (C=O) groups is 2. The van der Waals surface area contributed by atoms with Gasteiger partial charge in [-0.2, -0.15) is 0 Å². The number of hydrogen-bond acceptors (Lipinski definition) is 3. The highest BCUT2D eigenvalue weighted by atomic mass is 16.6. The molecule has 0 bridgehead atoms. The Kier molecular flexibility index (Phi) is 5.87. The molecule has 0 fully saturated rings. The molecular formula is C13H18N2O3. The van der Waals surface area contributed by atoms with Crippen LogP contribution in [-0.2, 0) is 4.84 Å². The van der Waals surface area contributed by atoms with Crippen LogP contribution in [0.4, 0.5) is 0 Å². The van der Waals surface area contributed by atoms with E-state index in [9.17, 15) is 9.59 Å². The van der Waals surface area contributed by atoms with Crippen LogP contribution in [0.2, 0.25) is 0 Å². The van der Waals surface area contributed by atoms with Crippen molar-refractivity contribution in [1.82, 2.24) is 10.8 Å². The van der Waals surface area contributed by atoms with Crippen molar-refractivity contribution in [1.29, 1.82) is 0 Å². The summed E-state index contributed by atoms with van der Waals surface area (Å²) in [6.45, 7) is 2.73. The first-order valence-corrected chi connectivity index (χ1v) is 5.90. The molecule has 0 radical (unpaired) electrons. The molecule has 1 rings (SSSR count). The lowest BCUT2D eigenvalue weighted by atomic mass is 10.1. The van der Waals surface area contributed by atoms with Gasteiger partial charge in [-0.1, -0.05) is 13.3 Å². The molecule has 5 heteroatoms. The number of unbranched alkanes of at least 4 members (excludes halogenated alkanes) is 1. The van der Waals surface area contributed by atoms with Gasteiger partial charge in [-0.25, -0.2) is 5.48 Å². The Balaban J connectivity index is 2.59. The Hall–Kier alpha value is -1.88. The number of hydroxylamine groups is 1. The van der Waals surface area contributed by atoms with Crippen molar-refractivity contribution >= 4 is 11.8 Å². The van der Waals surface area contributed by atoms with E-state index in [1.807, 2.05) is 0 Å². The first-order chi connectivity index (χ1) is 8.69. The monoisotopic (exact) mass is 250 g/mol. The summed E-state index contributed by atoms with van der Waals surface area (Å²) in [5, 5.41) is 2.81. The number of carbonyl (C=O) groups excluding carboxylic acids is 2. The molecular weight excluding hydrogens is 232 g/mol. The lowest BCUT2D eigenvalue weighted by molar-refractivity contribution is 0.0537. The van der Waals surface area contributed by atoms with Gasteiger partial charge in [-0.05, 0) is 30.7 Å². The quantitative estimate of drug-likeness (QED) is 0.594. The zero-order valence-electron chi connectivity index (χ0n) is 10.7. The normalized spacial score (nSPS) is 9.89. The van der Waals surface area contributed by atoms with Gasteiger partial charge in [0.25, 0.3) is 11.8 Å². The van der Waals surface area contributed by atoms with Crippen LogP contribution in [0.25, 0.3) is 0 Å². The van der Waals surface area contributed by atoms with E-state index in [0.29, 0.717) is 17.7 Å². The third kappa shape index (κ3) is 4.18. The molecule has 0 aromatic heterocycles. The molecule has 18 heavy (non-hydrogen) atoms. The smallest absolute Gasteiger partial charge is 0.274 e. The van der Waals surface area contributed by atoms with Gasteiger partial charge >= 0.3 is 0 Å². The molecule has 0 saturated carbocycles. The van der Waals surface area contributed by atoms with Gasteiger partial charge in [0.15, 0.2) is 0 Å². The summed E-state index contributed by atoms with van der Waals surface area (Å²) < 4.78 is 0. The van der Waals surface area contributed by atoms with Crippen LogP contribution >= 0.6 is 0 Å². The van der Waals surface area contributed by atoms with E-state index >= 15 is 0 Å². The molecule has 1 aromatic carbocycles. The maximum atomic E-state index is 11.7. The van der Waals surface area contributed by atoms with Gasteiger partial charge in [0, 0.05) is 17.7 Å². The van der Waals surface area contributed by atoms with Gasteiger partial charge in [0.05, 0.1) is 7.11 Å². The maximum Gasteiger partial charge on any atom is 0.274 e. The molecule has 0 unspecified atom stereocenters. The standard InChI is InChI=1S/C13H18N2O3/c1-3-4-9-14-12(16)10-5-7-11(8-6-10)13(17)15-18-2/h5-8H,3-4,9H2,1-2H3,(H,14,16)(H,15,17). The Labute approximate surface area is 106 Å². The molecule has 0 heterocycles. The van der Waals surface area contributed by atoms with Crippen molar-refractivity contribution in [2.45, 2.75) is 19.8 Å². The molecule has 5 nitrogen and oxygen atoms in total. The van der Waals surface area contributed by atoms with Crippen LogP contribution in [-0.4, -0.2) is 25.5 Å². The van der Waals surface area contributed by atoms with Crippen molar-refractivity contribution in [2.24, 2.45) is 0 Å². The summed E-state index contributed by atoms with van der Waals surface area (Å²) in [4.78, 5) is 27.6. The maximum absolute atomic E-state index is 11.7. The Morgan fingerprint density at radius 3 is 2.17 bits per heavy atom. The summed E-state index contributed by atoms with van der Waals surface area (Å²) >= 11 is 0. The fraction of sp³-hybridized carbons (Fsp3) is 0.385. The summed E-state index contributed by atoms with van der Waals surface area (Å²) in [6.07, 6.45) is 2.00. The molecule has 2 N–H and O–H groups in total. The third-order valence-electron chi connectivity index (χ3n) is 2.42. The molecule has 0 spiro atoms. The fourth-order valence-corrected chi connectivity index (χ4v) is 1.41. The van der Waals surface area contributed by atoms with E-state index in [1.165, 1.54) is 7.11 Å². The topological polar surface area (TPSA) is 67.4 Å². The number of rotatable bonds is 6. The minimum Gasteiger partial charge on any atom is -0.352 e. The summed E-state index contributed by atoms with van der Waals surface area (Å²) in [5.41, 5.74) is 3.20. The molecule has 1 aromatic rings. The molecule has 98 valence electrons. The van der Waals surface area contributed by atoms with Crippen molar-refractivity contribution < 1.29 is 14.4 Å². The number of hydrogen-bond donors (Lipinski definition) is 2. The van der Waals surface area contributed by atoms with Crippen molar-refractivity contribution in [2.75, 3.05) is 13.7 Å². The average Bonchev–Trinajstić information content (AvgIpc) is 2.39. The minimum atomic E-state index is -0.338. The van der Waals surface area contributed by atoms with Gasteiger partial charge in [0.2, 0.25) is 0 Å². The van der Waals surface area contributed by atoms with Crippen molar-refractivity contribution in [3.8, 4) is 0 Å². The third-order valence-corrected chi connectivity index (χ3v) is 2.42. The molecule has 0 saturated heterocycles. The predicted octanol–water partition coefficient (Wildman–Crippen LogP) is 1.51. The largest absolute Gasteiger partial charge is 0.352 e. The second-order valence-electron chi connectivity index (χ2n) is 3.82. The van der Waals surface area contributed by atoms with E-state index in [0.717, 1.165) is 12.8 Å². The molecule has 2 amide bonds. The van der Waals surface area contributed by atoms with Gasteiger partial charge in [-0.15, -0.1) is 0 Å². The fourth-order valence-electron chi connectivity index (χ4n) is 1.41. The lowest BCUT2D eigenvalue weighted by Gasteiger charge is -2.05. The zero-order chi connectivity index (χ0) is 13.4. The first kappa shape index (κ1) is 14.2. The van der Waals surface area contributed by atoms with Crippen LogP contribution in [0.5, 0.6) is 0 Å². The summed E-state index contributed by atoms with van der Waals surface area (Å²) in [7, 11) is 1.37. The minimum absolute atomic E-state index is 0.123. The van der Waals surface area contributed by atoms with Crippen LogP contribution in [0.1, 0.15) is 40.5 Å². The highest BCUT2D eigenvalue weighted by Gasteiger charge is 2.07. The molecule has 0 aliphatic heterocycles. The van der Waals surface area contributed by atoms with Crippen molar-refractivity contribution in [3.05, 3.63) is 35.4 Å². The SMILES string of the molecule is CCCCNC(=O)c1ccc(C(=O)NOC)cc1. The van der Waals surface area contributed by atoms with Gasteiger partial charge in [0.1, 0.15) is 0 Å². The molecule has 0 atom stereocenters. The summed E-state index contributed by atoms with van der Waals surface area (Å²) in [6, 6.07) is 6.41. The highest BCUT2D eigenvalue weighted by molar-refractivity contribution is 5.97. The van der Waals surface area contributed by atoms with Gasteiger partial charge < -0.3 is 5.32 Å². The van der Waals surface area contributed by atoms with Crippen LogP contribution in [0.3, 0.4) is 0 Å². The average molecular weight is 250 g/mol. The van der Waals surface area contributed by atoms with Crippen LogP contribution < -0.4 is 10.8 Å². The van der Waals surface area contributed by atoms with Crippen molar-refractivity contribution in [3.63, 3.8) is 0 Å². The van der Waals surface area contributed by atoms with E-state index < -0.39 is 0 Å². The Bertz CT molecular complexity index is 401. The van der Waals surface area contributed by atoms with Crippen LogP contribution in [0.15, 0.2) is 24.3 Å².